The van der Waals surface area contributed by atoms with E-state index in [0.717, 1.165) is 25.9 Å². The van der Waals surface area contributed by atoms with E-state index in [9.17, 15) is 0 Å². The van der Waals surface area contributed by atoms with Crippen LogP contribution in [0, 0.1) is 11.8 Å². The molecule has 0 fully saturated rings. The minimum atomic E-state index is -1.53. The third-order valence-corrected chi connectivity index (χ3v) is 7.71. The van der Waals surface area contributed by atoms with Gasteiger partial charge in [0.2, 0.25) is 0 Å². The van der Waals surface area contributed by atoms with E-state index >= 15 is 0 Å². The van der Waals surface area contributed by atoms with Crippen LogP contribution in [0.3, 0.4) is 0 Å². The van der Waals surface area contributed by atoms with Crippen molar-refractivity contribution in [3.05, 3.63) is 12.7 Å². The predicted molar refractivity (Wildman–Crippen MR) is 75.0 cm³/mol. The third kappa shape index (κ3) is 6.15. The maximum Gasteiger partial charge on any atom is 0.191 e. The molecule has 0 saturated heterocycles. The van der Waals surface area contributed by atoms with Crippen LogP contribution in [0.25, 0.3) is 0 Å². The Morgan fingerprint density at radius 2 is 1.88 bits per heavy atom. The molecule has 16 heavy (non-hydrogen) atoms. The largest absolute Gasteiger partial charge is 0.417 e. The van der Waals surface area contributed by atoms with Gasteiger partial charge in [-0.2, -0.15) is 0 Å². The highest BCUT2D eigenvalue weighted by Gasteiger charge is 2.36. The van der Waals surface area contributed by atoms with Gasteiger partial charge < -0.3 is 4.43 Å². The van der Waals surface area contributed by atoms with Gasteiger partial charge in [-0.25, -0.2) is 0 Å². The maximum absolute atomic E-state index is 6.07. The Kier molecular flexibility index (Phi) is 6.70. The van der Waals surface area contributed by atoms with Gasteiger partial charge in [0.25, 0.3) is 0 Å². The van der Waals surface area contributed by atoms with Crippen LogP contribution in [0.5, 0.6) is 0 Å². The summed E-state index contributed by atoms with van der Waals surface area (Å²) in [5.41, 5.74) is 0. The number of hydrogen-bond donors (Lipinski definition) is 0. The van der Waals surface area contributed by atoms with Crippen molar-refractivity contribution in [1.82, 2.24) is 0 Å². The van der Waals surface area contributed by atoms with Crippen LogP contribution in [0.15, 0.2) is 12.7 Å². The van der Waals surface area contributed by atoms with Gasteiger partial charge in [0.15, 0.2) is 8.32 Å². The summed E-state index contributed by atoms with van der Waals surface area (Å²) in [6, 6.07) is 0. The highest BCUT2D eigenvalue weighted by Crippen LogP contribution is 2.36. The fraction of sp³-hybridized carbons (Fsp3) is 0.714. The zero-order valence-electron chi connectivity index (χ0n) is 11.5. The van der Waals surface area contributed by atoms with E-state index in [2.05, 4.69) is 52.3 Å². The topological polar surface area (TPSA) is 9.23 Å². The number of hydrogen-bond acceptors (Lipinski definition) is 1. The molecule has 0 saturated carbocycles. The van der Waals surface area contributed by atoms with Crippen LogP contribution in [0.2, 0.25) is 18.1 Å². The summed E-state index contributed by atoms with van der Waals surface area (Å²) < 4.78 is 6.07. The van der Waals surface area contributed by atoms with Crippen molar-refractivity contribution < 1.29 is 4.43 Å². The molecule has 92 valence electrons. The Morgan fingerprint density at radius 3 is 2.38 bits per heavy atom. The molecule has 0 unspecified atom stereocenters. The molecule has 0 aliphatic heterocycles. The minimum Gasteiger partial charge on any atom is -0.417 e. The van der Waals surface area contributed by atoms with Crippen molar-refractivity contribution in [3.63, 3.8) is 0 Å². The van der Waals surface area contributed by atoms with Crippen molar-refractivity contribution in [2.45, 2.75) is 58.2 Å². The van der Waals surface area contributed by atoms with Crippen molar-refractivity contribution in [2.24, 2.45) is 0 Å². The minimum absolute atomic E-state index is 0.315. The molecule has 0 aliphatic carbocycles. The first kappa shape index (κ1) is 15.5. The van der Waals surface area contributed by atoms with E-state index in [4.69, 9.17) is 4.43 Å². The number of rotatable bonds is 5. The van der Waals surface area contributed by atoms with Crippen LogP contribution < -0.4 is 0 Å². The Hall–Kier alpha value is -0.523. The fourth-order valence-corrected chi connectivity index (χ4v) is 2.09. The van der Waals surface area contributed by atoms with Crippen molar-refractivity contribution in [2.75, 3.05) is 6.61 Å². The van der Waals surface area contributed by atoms with Gasteiger partial charge in [0.1, 0.15) is 0 Å². The third-order valence-electron chi connectivity index (χ3n) is 3.17. The summed E-state index contributed by atoms with van der Waals surface area (Å²) in [5, 5.41) is 0.315. The van der Waals surface area contributed by atoms with E-state index in [0.29, 0.717) is 5.04 Å². The molecule has 0 aromatic carbocycles. The smallest absolute Gasteiger partial charge is 0.191 e. The Bertz CT molecular complexity index is 263. The normalized spacial score (nSPS) is 11.8. The Morgan fingerprint density at radius 1 is 1.25 bits per heavy atom. The highest BCUT2D eigenvalue weighted by molar-refractivity contribution is 6.74. The average molecular weight is 238 g/mol. The zero-order valence-corrected chi connectivity index (χ0v) is 12.5. The molecule has 0 heterocycles. The van der Waals surface area contributed by atoms with Crippen LogP contribution in [-0.2, 0) is 4.43 Å². The summed E-state index contributed by atoms with van der Waals surface area (Å²) in [4.78, 5) is 0. The lowest BCUT2D eigenvalue weighted by Gasteiger charge is -2.36. The van der Waals surface area contributed by atoms with Crippen molar-refractivity contribution >= 4 is 8.32 Å². The van der Waals surface area contributed by atoms with E-state index in [1.165, 1.54) is 0 Å². The molecule has 0 spiro atoms. The monoisotopic (exact) mass is 238 g/mol. The van der Waals surface area contributed by atoms with Crippen LogP contribution in [0.1, 0.15) is 40.0 Å². The second-order valence-corrected chi connectivity index (χ2v) is 10.4. The summed E-state index contributed by atoms with van der Waals surface area (Å²) in [7, 11) is -1.53. The quantitative estimate of drug-likeness (QED) is 0.393. The average Bonchev–Trinajstić information content (AvgIpc) is 2.14. The molecule has 1 nitrogen and oxygen atoms in total. The van der Waals surface area contributed by atoms with Crippen LogP contribution in [-0.4, -0.2) is 14.9 Å². The summed E-state index contributed by atoms with van der Waals surface area (Å²) in [5.74, 6) is 5.91. The first-order chi connectivity index (χ1) is 7.31. The summed E-state index contributed by atoms with van der Waals surface area (Å²) in [6.45, 7) is 15.9. The lowest BCUT2D eigenvalue weighted by atomic mass is 10.2. The van der Waals surface area contributed by atoms with Gasteiger partial charge in [0, 0.05) is 13.0 Å². The molecule has 0 aromatic rings. The highest BCUT2D eigenvalue weighted by atomic mass is 28.4. The first-order valence-corrected chi connectivity index (χ1v) is 8.95. The molecule has 0 aromatic heterocycles. The van der Waals surface area contributed by atoms with Gasteiger partial charge in [-0.3, -0.25) is 0 Å². The molecule has 0 rings (SSSR count). The molecule has 2 heteroatoms. The number of allylic oxidation sites excluding steroid dienone is 1. The molecule has 0 aliphatic rings. The molecule has 0 atom stereocenters. The van der Waals surface area contributed by atoms with Crippen molar-refractivity contribution in [3.8, 4) is 11.8 Å². The second-order valence-electron chi connectivity index (χ2n) is 5.59. The van der Waals surface area contributed by atoms with Gasteiger partial charge in [-0.15, -0.1) is 0 Å². The van der Waals surface area contributed by atoms with E-state index in [1.54, 1.807) is 6.08 Å². The second kappa shape index (κ2) is 6.93. The zero-order chi connectivity index (χ0) is 12.7. The predicted octanol–water partition coefficient (Wildman–Crippen LogP) is 4.37. The van der Waals surface area contributed by atoms with E-state index < -0.39 is 8.32 Å². The lowest BCUT2D eigenvalue weighted by molar-refractivity contribution is 0.280. The summed E-state index contributed by atoms with van der Waals surface area (Å²) >= 11 is 0. The molecule has 0 radical (unpaired) electrons. The van der Waals surface area contributed by atoms with Gasteiger partial charge >= 0.3 is 0 Å². The van der Waals surface area contributed by atoms with Gasteiger partial charge in [-0.1, -0.05) is 39.2 Å². The first-order valence-electron chi connectivity index (χ1n) is 6.04. The molecule has 0 bridgehead atoms. The Balaban J connectivity index is 3.70. The maximum atomic E-state index is 6.07. The van der Waals surface area contributed by atoms with E-state index in [-0.39, 0.29) is 0 Å². The van der Waals surface area contributed by atoms with Crippen molar-refractivity contribution in [1.29, 1.82) is 0 Å². The standard InChI is InChI=1S/C14H26OSi/c1-7-8-9-10-11-12-13-15-16(5,6)14(2,3)4/h7H,1,10-13H2,2-6H3. The van der Waals surface area contributed by atoms with Gasteiger partial charge in [0.05, 0.1) is 0 Å². The molecule has 0 amide bonds. The molecule has 0 N–H and O–H groups in total. The van der Waals surface area contributed by atoms with E-state index in [1.807, 2.05) is 0 Å². The molecular formula is C14H26OSi. The summed E-state index contributed by atoms with van der Waals surface area (Å²) in [6.07, 6.45) is 4.83. The lowest BCUT2D eigenvalue weighted by Crippen LogP contribution is -2.40. The Labute approximate surface area is 102 Å². The SMILES string of the molecule is C=CC#CCCCCO[Si](C)(C)C(C)(C)C. The van der Waals surface area contributed by atoms with Gasteiger partial charge in [-0.05, 0) is 37.0 Å². The van der Waals surface area contributed by atoms with Crippen LogP contribution >= 0.6 is 0 Å². The fourth-order valence-electron chi connectivity index (χ4n) is 1.00. The number of unbranched alkanes of at least 4 members (excludes halogenated alkanes) is 2. The van der Waals surface area contributed by atoms with Crippen LogP contribution in [0.4, 0.5) is 0 Å². The molecular weight excluding hydrogens is 212 g/mol.